The van der Waals surface area contributed by atoms with Crippen LogP contribution in [-0.2, 0) is 4.74 Å². The molecule has 1 aliphatic carbocycles. The smallest absolute Gasteiger partial charge is 0.0603 e. The van der Waals surface area contributed by atoms with Crippen LogP contribution in [0.3, 0.4) is 0 Å². The molecule has 1 saturated carbocycles. The second kappa shape index (κ2) is 5.86. The van der Waals surface area contributed by atoms with E-state index in [1.54, 1.807) is 0 Å². The summed E-state index contributed by atoms with van der Waals surface area (Å²) in [6.07, 6.45) is 7.08. The molecule has 0 heterocycles. The van der Waals surface area contributed by atoms with E-state index in [2.05, 4.69) is 20.8 Å². The van der Waals surface area contributed by atoms with Crippen molar-refractivity contribution in [2.45, 2.75) is 59.0 Å². The largest absolute Gasteiger partial charge is 0.377 e. The van der Waals surface area contributed by atoms with Gasteiger partial charge in [-0.1, -0.05) is 40.0 Å². The Balaban J connectivity index is 2.35. The summed E-state index contributed by atoms with van der Waals surface area (Å²) >= 11 is 0. The summed E-state index contributed by atoms with van der Waals surface area (Å²) < 4.78 is 6.06. The normalized spacial score (nSPS) is 28.0. The zero-order valence-corrected chi connectivity index (χ0v) is 10.6. The molecule has 15 heavy (non-hydrogen) atoms. The van der Waals surface area contributed by atoms with Crippen molar-refractivity contribution in [2.75, 3.05) is 13.2 Å². The van der Waals surface area contributed by atoms with E-state index in [1.165, 1.54) is 32.1 Å². The molecular weight excluding hydrogens is 186 g/mol. The van der Waals surface area contributed by atoms with Crippen molar-refractivity contribution >= 4 is 0 Å². The van der Waals surface area contributed by atoms with E-state index >= 15 is 0 Å². The van der Waals surface area contributed by atoms with Gasteiger partial charge in [-0.3, -0.25) is 0 Å². The Labute approximate surface area is 94.6 Å². The van der Waals surface area contributed by atoms with Crippen LogP contribution in [-0.4, -0.2) is 19.3 Å². The predicted molar refractivity (Wildman–Crippen MR) is 64.8 cm³/mol. The minimum atomic E-state index is 0.135. The fraction of sp³-hybridized carbons (Fsp3) is 1.00. The molecule has 2 N–H and O–H groups in total. The first-order chi connectivity index (χ1) is 7.09. The van der Waals surface area contributed by atoms with E-state index in [1.807, 2.05) is 0 Å². The van der Waals surface area contributed by atoms with Gasteiger partial charge >= 0.3 is 0 Å². The van der Waals surface area contributed by atoms with Gasteiger partial charge in [-0.25, -0.2) is 0 Å². The van der Waals surface area contributed by atoms with Crippen molar-refractivity contribution in [1.82, 2.24) is 0 Å². The molecule has 2 atom stereocenters. The summed E-state index contributed by atoms with van der Waals surface area (Å²) in [7, 11) is 0. The summed E-state index contributed by atoms with van der Waals surface area (Å²) in [6.45, 7) is 8.15. The van der Waals surface area contributed by atoms with Gasteiger partial charge in [-0.05, 0) is 25.3 Å². The fourth-order valence-electron chi connectivity index (χ4n) is 2.25. The van der Waals surface area contributed by atoms with E-state index in [4.69, 9.17) is 10.5 Å². The Hall–Kier alpha value is -0.0800. The zero-order chi connectivity index (χ0) is 11.3. The SMILES string of the molecule is CCC1CCCCC1OCC(C)(C)CN. The van der Waals surface area contributed by atoms with Crippen molar-refractivity contribution in [3.63, 3.8) is 0 Å². The molecule has 1 rings (SSSR count). The van der Waals surface area contributed by atoms with Gasteiger partial charge in [0.05, 0.1) is 12.7 Å². The van der Waals surface area contributed by atoms with Crippen LogP contribution in [0.5, 0.6) is 0 Å². The van der Waals surface area contributed by atoms with E-state index in [9.17, 15) is 0 Å². The monoisotopic (exact) mass is 213 g/mol. The van der Waals surface area contributed by atoms with Gasteiger partial charge in [-0.2, -0.15) is 0 Å². The third-order valence-electron chi connectivity index (χ3n) is 3.60. The number of ether oxygens (including phenoxy) is 1. The third kappa shape index (κ3) is 4.12. The zero-order valence-electron chi connectivity index (χ0n) is 10.6. The number of nitrogens with two attached hydrogens (primary N) is 1. The first-order valence-electron chi connectivity index (χ1n) is 6.40. The lowest BCUT2D eigenvalue weighted by Gasteiger charge is -2.33. The Bertz CT molecular complexity index is 179. The van der Waals surface area contributed by atoms with Crippen LogP contribution < -0.4 is 5.73 Å². The van der Waals surface area contributed by atoms with Crippen LogP contribution in [0.25, 0.3) is 0 Å². The minimum absolute atomic E-state index is 0.135. The predicted octanol–water partition coefficient (Wildman–Crippen LogP) is 2.96. The van der Waals surface area contributed by atoms with Gasteiger partial charge in [0, 0.05) is 5.41 Å². The maximum Gasteiger partial charge on any atom is 0.0603 e. The van der Waals surface area contributed by atoms with E-state index < -0.39 is 0 Å². The molecule has 2 nitrogen and oxygen atoms in total. The van der Waals surface area contributed by atoms with Crippen LogP contribution in [0.4, 0.5) is 0 Å². The average molecular weight is 213 g/mol. The van der Waals surface area contributed by atoms with Crippen LogP contribution in [0, 0.1) is 11.3 Å². The van der Waals surface area contributed by atoms with Crippen molar-refractivity contribution in [2.24, 2.45) is 17.1 Å². The van der Waals surface area contributed by atoms with Gasteiger partial charge in [0.1, 0.15) is 0 Å². The topological polar surface area (TPSA) is 35.2 Å². The fourth-order valence-corrected chi connectivity index (χ4v) is 2.25. The summed E-state index contributed by atoms with van der Waals surface area (Å²) in [5.41, 5.74) is 5.84. The van der Waals surface area contributed by atoms with Crippen molar-refractivity contribution in [1.29, 1.82) is 0 Å². The molecule has 0 amide bonds. The first kappa shape index (κ1) is 13.0. The van der Waals surface area contributed by atoms with E-state index in [-0.39, 0.29) is 5.41 Å². The molecule has 1 fully saturated rings. The van der Waals surface area contributed by atoms with Crippen LogP contribution in [0.2, 0.25) is 0 Å². The Morgan fingerprint density at radius 2 is 1.93 bits per heavy atom. The molecule has 2 heteroatoms. The van der Waals surface area contributed by atoms with Crippen LogP contribution in [0.1, 0.15) is 52.9 Å². The minimum Gasteiger partial charge on any atom is -0.377 e. The van der Waals surface area contributed by atoms with E-state index in [0.717, 1.165) is 12.5 Å². The lowest BCUT2D eigenvalue weighted by molar-refractivity contribution is -0.0436. The Kier molecular flexibility index (Phi) is 5.07. The van der Waals surface area contributed by atoms with Crippen molar-refractivity contribution in [3.8, 4) is 0 Å². The number of hydrogen-bond acceptors (Lipinski definition) is 2. The molecule has 2 unspecified atom stereocenters. The second-order valence-electron chi connectivity index (χ2n) is 5.67. The maximum atomic E-state index is 6.06. The van der Waals surface area contributed by atoms with Gasteiger partial charge in [0.15, 0.2) is 0 Å². The standard InChI is InChI=1S/C13H27NO/c1-4-11-7-5-6-8-12(11)15-10-13(2,3)9-14/h11-12H,4-10,14H2,1-3H3. The molecule has 0 spiro atoms. The van der Waals surface area contributed by atoms with Gasteiger partial charge in [0.25, 0.3) is 0 Å². The quantitative estimate of drug-likeness (QED) is 0.762. The maximum absolute atomic E-state index is 6.06. The van der Waals surface area contributed by atoms with E-state index in [0.29, 0.717) is 12.6 Å². The second-order valence-corrected chi connectivity index (χ2v) is 5.67. The summed E-state index contributed by atoms with van der Waals surface area (Å²) in [5.74, 6) is 0.785. The molecule has 0 bridgehead atoms. The molecule has 0 saturated heterocycles. The Morgan fingerprint density at radius 3 is 2.53 bits per heavy atom. The molecule has 0 aromatic heterocycles. The molecule has 0 aromatic rings. The molecule has 0 aromatic carbocycles. The molecular formula is C13H27NO. The highest BCUT2D eigenvalue weighted by molar-refractivity contribution is 4.77. The molecule has 0 radical (unpaired) electrons. The van der Waals surface area contributed by atoms with Gasteiger partial charge in [-0.15, -0.1) is 0 Å². The van der Waals surface area contributed by atoms with Crippen LogP contribution >= 0.6 is 0 Å². The summed E-state index contributed by atoms with van der Waals surface area (Å²) in [4.78, 5) is 0. The highest BCUT2D eigenvalue weighted by Crippen LogP contribution is 2.30. The number of rotatable bonds is 5. The first-order valence-corrected chi connectivity index (χ1v) is 6.40. The van der Waals surface area contributed by atoms with Crippen LogP contribution in [0.15, 0.2) is 0 Å². The highest BCUT2D eigenvalue weighted by Gasteiger charge is 2.26. The van der Waals surface area contributed by atoms with Gasteiger partial charge < -0.3 is 10.5 Å². The number of hydrogen-bond donors (Lipinski definition) is 1. The summed E-state index contributed by atoms with van der Waals surface area (Å²) in [5, 5.41) is 0. The molecule has 0 aliphatic heterocycles. The lowest BCUT2D eigenvalue weighted by Crippen LogP contribution is -2.34. The molecule has 90 valence electrons. The third-order valence-corrected chi connectivity index (χ3v) is 3.60. The van der Waals surface area contributed by atoms with Crippen molar-refractivity contribution < 1.29 is 4.74 Å². The van der Waals surface area contributed by atoms with Gasteiger partial charge in [0.2, 0.25) is 0 Å². The average Bonchev–Trinajstić information content (AvgIpc) is 2.27. The lowest BCUT2D eigenvalue weighted by atomic mass is 9.84. The summed E-state index contributed by atoms with van der Waals surface area (Å²) in [6, 6.07) is 0. The Morgan fingerprint density at radius 1 is 1.27 bits per heavy atom. The van der Waals surface area contributed by atoms with Crippen molar-refractivity contribution in [3.05, 3.63) is 0 Å². The molecule has 1 aliphatic rings. The highest BCUT2D eigenvalue weighted by atomic mass is 16.5.